The van der Waals surface area contributed by atoms with Gasteiger partial charge in [-0.3, -0.25) is 24.2 Å². The van der Waals surface area contributed by atoms with E-state index in [-0.39, 0.29) is 59.7 Å². The van der Waals surface area contributed by atoms with Crippen molar-refractivity contribution in [3.05, 3.63) is 117 Å². The first-order valence-electron chi connectivity index (χ1n) is 28.4. The summed E-state index contributed by atoms with van der Waals surface area (Å²) in [5.41, 5.74) is 10.1. The molecule has 2 bridgehead atoms. The molecule has 4 unspecified atom stereocenters. The third kappa shape index (κ3) is 9.33. The van der Waals surface area contributed by atoms with Gasteiger partial charge in [0.2, 0.25) is 11.8 Å². The van der Waals surface area contributed by atoms with E-state index in [1.54, 1.807) is 40.2 Å². The number of carbonyl (C=O) groups excluding carboxylic acids is 2. The van der Waals surface area contributed by atoms with E-state index >= 15 is 4.39 Å². The Bertz CT molecular complexity index is 4010. The lowest BCUT2D eigenvalue weighted by Crippen LogP contribution is -2.48. The fraction of sp³-hybridized carbons (Fsp3) is 0.410. The number of thiazole rings is 1. The van der Waals surface area contributed by atoms with Crippen LogP contribution < -0.4 is 30.6 Å². The zero-order valence-corrected chi connectivity index (χ0v) is 46.5. The van der Waals surface area contributed by atoms with E-state index in [0.717, 1.165) is 92.7 Å². The number of anilines is 1. The number of piperazine rings is 1. The van der Waals surface area contributed by atoms with Crippen molar-refractivity contribution in [2.75, 3.05) is 37.7 Å². The first-order valence-corrected chi connectivity index (χ1v) is 29.3. The number of hydrogen-bond donors (Lipinski definition) is 4. The van der Waals surface area contributed by atoms with E-state index in [1.165, 1.54) is 6.07 Å². The number of nitrogens with zero attached hydrogens (tertiary/aromatic N) is 8. The van der Waals surface area contributed by atoms with Crippen molar-refractivity contribution in [3.8, 4) is 33.3 Å². The van der Waals surface area contributed by atoms with Crippen LogP contribution in [-0.4, -0.2) is 114 Å². The molecule has 5 aliphatic rings. The summed E-state index contributed by atoms with van der Waals surface area (Å²) in [7, 11) is 0. The van der Waals surface area contributed by atoms with Crippen molar-refractivity contribution >= 4 is 72.6 Å². The molecule has 9 aromatic rings. The van der Waals surface area contributed by atoms with Gasteiger partial charge in [0.15, 0.2) is 11.3 Å². The number of carbonyl (C=O) groups is 2. The minimum atomic E-state index is -0.777. The number of amides is 2. The van der Waals surface area contributed by atoms with Crippen LogP contribution in [0.4, 0.5) is 10.2 Å². The maximum atomic E-state index is 16.2. The Labute approximate surface area is 469 Å². The Morgan fingerprint density at radius 2 is 1.75 bits per heavy atom. The predicted octanol–water partition coefficient (Wildman–Crippen LogP) is 9.31. The summed E-state index contributed by atoms with van der Waals surface area (Å²) in [5.74, 6) is 0.493. The Balaban J connectivity index is 0.793. The van der Waals surface area contributed by atoms with E-state index in [2.05, 4.69) is 41.8 Å². The molecule has 81 heavy (non-hydrogen) atoms. The summed E-state index contributed by atoms with van der Waals surface area (Å²) < 4.78 is 37.4. The van der Waals surface area contributed by atoms with Crippen LogP contribution in [0.3, 0.4) is 0 Å². The van der Waals surface area contributed by atoms with Gasteiger partial charge >= 0.3 is 6.01 Å². The van der Waals surface area contributed by atoms with Gasteiger partial charge in [0.1, 0.15) is 41.9 Å². The number of aryl methyl sites for hydroxylation is 1. The lowest BCUT2D eigenvalue weighted by atomic mass is 9.88. The Hall–Kier alpha value is -7.81. The van der Waals surface area contributed by atoms with E-state index < -0.39 is 17.6 Å². The minimum absolute atomic E-state index is 0.0657. The van der Waals surface area contributed by atoms with Gasteiger partial charge in [0.25, 0.3) is 5.56 Å². The molecule has 4 atom stereocenters. The van der Waals surface area contributed by atoms with Crippen molar-refractivity contribution in [2.45, 2.75) is 122 Å². The van der Waals surface area contributed by atoms with Crippen LogP contribution in [-0.2, 0) is 27.5 Å². The molecule has 0 spiro atoms. The number of likely N-dealkylation sites (tertiary alicyclic amines) is 1. The van der Waals surface area contributed by atoms with Crippen LogP contribution in [0.1, 0.15) is 98.7 Å². The molecular formula is C61H63FN12O6S. The number of ether oxygens (including phenoxy) is 3. The van der Waals surface area contributed by atoms with Gasteiger partial charge in [-0.15, -0.1) is 11.3 Å². The Morgan fingerprint density at radius 3 is 2.51 bits per heavy atom. The molecule has 4 saturated heterocycles. The highest BCUT2D eigenvalue weighted by Gasteiger charge is 2.42. The minimum Gasteiger partial charge on any atom is -0.486 e. The molecule has 1 aliphatic carbocycles. The van der Waals surface area contributed by atoms with Crippen LogP contribution in [0.15, 0.2) is 77.3 Å². The molecule has 18 nitrogen and oxygen atoms in total. The van der Waals surface area contributed by atoms with Crippen molar-refractivity contribution < 1.29 is 28.2 Å². The van der Waals surface area contributed by atoms with Gasteiger partial charge in [-0.25, -0.2) is 9.37 Å². The maximum Gasteiger partial charge on any atom is 0.319 e. The second-order valence-corrected chi connectivity index (χ2v) is 23.8. The molecule has 2 amide bonds. The van der Waals surface area contributed by atoms with Gasteiger partial charge < -0.3 is 39.6 Å². The molecule has 5 fully saturated rings. The number of rotatable bonds is 15. The topological polar surface area (TPSA) is 210 Å². The number of benzene rings is 4. The molecule has 4 N–H and O–H groups in total. The van der Waals surface area contributed by atoms with Crippen molar-refractivity contribution in [1.82, 2.24) is 55.4 Å². The molecular weight excluding hydrogens is 1050 g/mol. The van der Waals surface area contributed by atoms with Gasteiger partial charge in [-0.1, -0.05) is 50.2 Å². The van der Waals surface area contributed by atoms with Crippen molar-refractivity contribution in [2.24, 2.45) is 5.92 Å². The molecule has 4 aliphatic heterocycles. The summed E-state index contributed by atoms with van der Waals surface area (Å²) in [5, 5.41) is 21.9. The van der Waals surface area contributed by atoms with Crippen LogP contribution in [0.25, 0.3) is 65.2 Å². The second-order valence-electron chi connectivity index (χ2n) is 23.0. The van der Waals surface area contributed by atoms with E-state index in [4.69, 9.17) is 29.3 Å². The number of H-pyrrole nitrogens is 2. The summed E-state index contributed by atoms with van der Waals surface area (Å²) in [6, 6.07) is 17.1. The number of fused-ring (bicyclic) bond motifs is 7. The molecule has 9 heterocycles. The lowest BCUT2D eigenvalue weighted by molar-refractivity contribution is -0.142. The van der Waals surface area contributed by atoms with Crippen molar-refractivity contribution in [3.63, 3.8) is 0 Å². The van der Waals surface area contributed by atoms with Gasteiger partial charge in [-0.2, -0.15) is 20.2 Å². The summed E-state index contributed by atoms with van der Waals surface area (Å²) in [4.78, 5) is 65.8. The fourth-order valence-corrected chi connectivity index (χ4v) is 13.8. The highest BCUT2D eigenvalue weighted by Crippen LogP contribution is 2.54. The molecule has 1 saturated carbocycles. The molecule has 0 radical (unpaired) electrons. The summed E-state index contributed by atoms with van der Waals surface area (Å²) in [6.07, 6.45) is 9.02. The lowest BCUT2D eigenvalue weighted by Gasteiger charge is -2.31. The standard InChI is InChI=1S/C61H63FN12O6S/c1-31(2)54(60(77)72-17-5-6-49(72)58(75)64-24-34-7-10-37(11-8-34)56-33(4)65-30-81-56)74-28-45-41-14-9-35(20-47(41)67-59(76)53(45)71-74)29-79-55-51(50-32(3)46(62)23-48-44(50)26-66-70-48)42(36-12-13-36)22-43-52(55)68-61(80-40-15-18-78-19-16-40)69-57(43)73-27-38-21-39(73)25-63-38/h7-11,14,20,22-23,26,28,30-31,36,38-40,49,54,63H,5-6,12-13,15-19,21,24-25,27,29H2,1-4H3,(H,64,75)(H,66,70)(H,67,76). The summed E-state index contributed by atoms with van der Waals surface area (Å²) in [6.45, 7) is 11.4. The van der Waals surface area contributed by atoms with Crippen molar-refractivity contribution in [1.29, 1.82) is 0 Å². The third-order valence-electron chi connectivity index (χ3n) is 17.3. The van der Waals surface area contributed by atoms with Crippen LogP contribution >= 0.6 is 11.3 Å². The van der Waals surface area contributed by atoms with E-state index in [0.29, 0.717) is 96.8 Å². The Morgan fingerprint density at radius 1 is 0.926 bits per heavy atom. The predicted molar refractivity (Wildman–Crippen MR) is 308 cm³/mol. The monoisotopic (exact) mass is 1110 g/mol. The second kappa shape index (κ2) is 20.6. The third-order valence-corrected chi connectivity index (χ3v) is 18.3. The highest BCUT2D eigenvalue weighted by atomic mass is 32.1. The average molecular weight is 1110 g/mol. The molecule has 14 rings (SSSR count). The van der Waals surface area contributed by atoms with E-state index in [9.17, 15) is 14.4 Å². The Kier molecular flexibility index (Phi) is 13.1. The van der Waals surface area contributed by atoms with Crippen LogP contribution in [0.2, 0.25) is 0 Å². The normalized spacial score (nSPS) is 19.8. The molecule has 5 aromatic heterocycles. The highest BCUT2D eigenvalue weighted by molar-refractivity contribution is 7.13. The number of aromatic nitrogens is 8. The summed E-state index contributed by atoms with van der Waals surface area (Å²) >= 11 is 1.60. The van der Waals surface area contributed by atoms with Gasteiger partial charge in [-0.05, 0) is 104 Å². The fourth-order valence-electron chi connectivity index (χ4n) is 12.9. The number of nitrogens with one attached hydrogen (secondary N) is 4. The first-order chi connectivity index (χ1) is 39.4. The largest absolute Gasteiger partial charge is 0.486 e. The number of pyridine rings is 1. The smallest absolute Gasteiger partial charge is 0.319 e. The van der Waals surface area contributed by atoms with Crippen LogP contribution in [0, 0.1) is 25.6 Å². The molecule has 4 aromatic carbocycles. The average Bonchev–Trinajstić information content (AvgIpc) is 4.40. The number of halogens is 1. The zero-order chi connectivity index (χ0) is 55.2. The molecule has 20 heteroatoms. The van der Waals surface area contributed by atoms with Crippen LogP contribution in [0.5, 0.6) is 11.8 Å². The quantitative estimate of drug-likeness (QED) is 0.0755. The van der Waals surface area contributed by atoms with E-state index in [1.807, 2.05) is 68.7 Å². The van der Waals surface area contributed by atoms with Gasteiger partial charge in [0.05, 0.1) is 41.0 Å². The number of hydrogen-bond acceptors (Lipinski definition) is 14. The van der Waals surface area contributed by atoms with Gasteiger partial charge in [0, 0.05) is 95.5 Å². The first kappa shape index (κ1) is 51.3. The number of aromatic amines is 2. The maximum absolute atomic E-state index is 16.2. The zero-order valence-electron chi connectivity index (χ0n) is 45.7. The molecule has 416 valence electrons. The SMILES string of the molecule is Cc1ncsc1-c1ccc(CNC(=O)C2CCCN2C(=O)C(C(C)C)n2cc3c(n2)c(=O)[nH]c2cc(COc4c(-c5c(C)c(F)cc6[nH]ncc56)c(C5CC5)cc5c(N6CC7CC6CN7)nc(OC6CCOCC6)nc45)ccc23)cc1.